The molecule has 0 aromatic heterocycles. The summed E-state index contributed by atoms with van der Waals surface area (Å²) in [7, 11) is 0. The van der Waals surface area contributed by atoms with E-state index >= 15 is 0 Å². The van der Waals surface area contributed by atoms with Crippen molar-refractivity contribution in [3.8, 4) is 0 Å². The van der Waals surface area contributed by atoms with Gasteiger partial charge in [0, 0.05) is 0 Å². The Morgan fingerprint density at radius 1 is 1.31 bits per heavy atom. The van der Waals surface area contributed by atoms with E-state index < -0.39 is 12.1 Å². The van der Waals surface area contributed by atoms with Crippen LogP contribution < -0.4 is 0 Å². The van der Waals surface area contributed by atoms with Crippen LogP contribution in [0.2, 0.25) is 0 Å². The van der Waals surface area contributed by atoms with Gasteiger partial charge in [0.1, 0.15) is 0 Å². The number of carboxylic acid groups (broad SMARTS) is 1. The molecule has 1 aliphatic carbocycles. The van der Waals surface area contributed by atoms with Crippen molar-refractivity contribution in [3.63, 3.8) is 0 Å². The lowest BCUT2D eigenvalue weighted by Crippen LogP contribution is -2.20. The molecule has 0 unspecified atom stereocenters. The first-order valence-electron chi connectivity index (χ1n) is 5.56. The summed E-state index contributed by atoms with van der Waals surface area (Å²) < 4.78 is 0. The molecule has 0 aliphatic heterocycles. The quantitative estimate of drug-likeness (QED) is 0.702. The third-order valence-electron chi connectivity index (χ3n) is 2.79. The van der Waals surface area contributed by atoms with Crippen LogP contribution in [0.3, 0.4) is 0 Å². The molecule has 3 nitrogen and oxygen atoms in total. The van der Waals surface area contributed by atoms with Crippen molar-refractivity contribution in [2.75, 3.05) is 0 Å². The van der Waals surface area contributed by atoms with Crippen molar-refractivity contribution in [3.05, 3.63) is 36.5 Å². The fourth-order valence-corrected chi connectivity index (χ4v) is 1.80. The van der Waals surface area contributed by atoms with E-state index in [-0.39, 0.29) is 5.57 Å². The number of carboxylic acids is 1. The van der Waals surface area contributed by atoms with Gasteiger partial charge in [-0.2, -0.15) is 0 Å². The van der Waals surface area contributed by atoms with Gasteiger partial charge < -0.3 is 10.2 Å². The van der Waals surface area contributed by atoms with E-state index in [0.717, 1.165) is 0 Å². The lowest BCUT2D eigenvalue weighted by Gasteiger charge is -2.03. The summed E-state index contributed by atoms with van der Waals surface area (Å²) in [4.78, 5) is 10.4. The van der Waals surface area contributed by atoms with Crippen molar-refractivity contribution in [2.24, 2.45) is 5.92 Å². The van der Waals surface area contributed by atoms with E-state index in [1.807, 2.05) is 6.08 Å². The first-order valence-corrected chi connectivity index (χ1v) is 5.56. The standard InChI is InChI=1S/C13H18O3/c1-10(12(14)13(15)16)6-2-3-7-11-8-4-5-9-11/h2-3,6-7,11-12,14H,1,4-5,8-9H2,(H,15,16)/b6-2-,7-3-/t12-/m1/s1. The van der Waals surface area contributed by atoms with Gasteiger partial charge in [0.2, 0.25) is 0 Å². The molecule has 0 amide bonds. The van der Waals surface area contributed by atoms with E-state index in [0.29, 0.717) is 5.92 Å². The van der Waals surface area contributed by atoms with Crippen LogP contribution in [0.4, 0.5) is 0 Å². The number of aliphatic hydroxyl groups is 1. The Kier molecular flexibility index (Phi) is 4.99. The molecule has 0 saturated heterocycles. The van der Waals surface area contributed by atoms with Crippen LogP contribution in [0, 0.1) is 5.92 Å². The van der Waals surface area contributed by atoms with E-state index in [4.69, 9.17) is 10.2 Å². The summed E-state index contributed by atoms with van der Waals surface area (Å²) >= 11 is 0. The fraction of sp³-hybridized carbons (Fsp3) is 0.462. The summed E-state index contributed by atoms with van der Waals surface area (Å²) in [6, 6.07) is 0. The first-order chi connectivity index (χ1) is 7.61. The van der Waals surface area contributed by atoms with E-state index in [2.05, 4.69) is 12.7 Å². The van der Waals surface area contributed by atoms with Gasteiger partial charge in [-0.25, -0.2) is 4.79 Å². The summed E-state index contributed by atoms with van der Waals surface area (Å²) in [5.41, 5.74) is 0.198. The number of aliphatic hydroxyl groups excluding tert-OH is 1. The normalized spacial score (nSPS) is 19.6. The monoisotopic (exact) mass is 222 g/mol. The van der Waals surface area contributed by atoms with Crippen molar-refractivity contribution in [1.29, 1.82) is 0 Å². The van der Waals surface area contributed by atoms with Crippen molar-refractivity contribution in [2.45, 2.75) is 31.8 Å². The Hall–Kier alpha value is -1.35. The Balaban J connectivity index is 2.35. The van der Waals surface area contributed by atoms with Gasteiger partial charge >= 0.3 is 5.97 Å². The van der Waals surface area contributed by atoms with Gasteiger partial charge in [-0.05, 0) is 24.3 Å². The zero-order valence-electron chi connectivity index (χ0n) is 9.30. The average Bonchev–Trinajstić information content (AvgIpc) is 2.75. The maximum Gasteiger partial charge on any atom is 0.337 e. The molecule has 0 aromatic rings. The maximum absolute atomic E-state index is 10.4. The second kappa shape index (κ2) is 6.28. The largest absolute Gasteiger partial charge is 0.479 e. The molecular formula is C13H18O3. The lowest BCUT2D eigenvalue weighted by atomic mass is 10.1. The van der Waals surface area contributed by atoms with Crippen molar-refractivity contribution < 1.29 is 15.0 Å². The van der Waals surface area contributed by atoms with Gasteiger partial charge in [0.05, 0.1) is 0 Å². The van der Waals surface area contributed by atoms with Crippen LogP contribution in [0.25, 0.3) is 0 Å². The molecule has 0 aromatic carbocycles. The zero-order chi connectivity index (χ0) is 12.0. The molecule has 0 radical (unpaired) electrons. The highest BCUT2D eigenvalue weighted by molar-refractivity contribution is 5.76. The Labute approximate surface area is 95.8 Å². The molecule has 0 bridgehead atoms. The van der Waals surface area contributed by atoms with Crippen LogP contribution in [0.5, 0.6) is 0 Å². The van der Waals surface area contributed by atoms with Crippen LogP contribution in [0.1, 0.15) is 25.7 Å². The van der Waals surface area contributed by atoms with Gasteiger partial charge in [0.15, 0.2) is 6.10 Å². The third-order valence-corrected chi connectivity index (χ3v) is 2.79. The lowest BCUT2D eigenvalue weighted by molar-refractivity contribution is -0.144. The van der Waals surface area contributed by atoms with E-state index in [1.165, 1.54) is 31.8 Å². The van der Waals surface area contributed by atoms with E-state index in [1.54, 1.807) is 6.08 Å². The summed E-state index contributed by atoms with van der Waals surface area (Å²) in [5.74, 6) is -0.614. The average molecular weight is 222 g/mol. The highest BCUT2D eigenvalue weighted by atomic mass is 16.4. The molecule has 16 heavy (non-hydrogen) atoms. The highest BCUT2D eigenvalue weighted by Gasteiger charge is 2.14. The van der Waals surface area contributed by atoms with Gasteiger partial charge in [-0.15, -0.1) is 0 Å². The predicted molar refractivity (Wildman–Crippen MR) is 63.0 cm³/mol. The molecule has 1 atom stereocenters. The molecular weight excluding hydrogens is 204 g/mol. The minimum absolute atomic E-state index is 0.198. The highest BCUT2D eigenvalue weighted by Crippen LogP contribution is 2.25. The third kappa shape index (κ3) is 4.03. The molecule has 0 spiro atoms. The van der Waals surface area contributed by atoms with Crippen LogP contribution in [0.15, 0.2) is 36.5 Å². The number of rotatable bonds is 5. The Morgan fingerprint density at radius 3 is 2.50 bits per heavy atom. The maximum atomic E-state index is 10.4. The molecule has 3 heteroatoms. The van der Waals surface area contributed by atoms with E-state index in [9.17, 15) is 4.79 Å². The number of aliphatic carboxylic acids is 1. The topological polar surface area (TPSA) is 57.5 Å². The van der Waals surface area contributed by atoms with Crippen molar-refractivity contribution >= 4 is 5.97 Å². The molecule has 1 saturated carbocycles. The smallest absolute Gasteiger partial charge is 0.337 e. The van der Waals surface area contributed by atoms with Gasteiger partial charge in [-0.3, -0.25) is 0 Å². The molecule has 0 heterocycles. The van der Waals surface area contributed by atoms with Crippen LogP contribution in [-0.2, 0) is 4.79 Å². The molecule has 88 valence electrons. The Bertz CT molecular complexity index is 309. The minimum Gasteiger partial charge on any atom is -0.479 e. The van der Waals surface area contributed by atoms with Gasteiger partial charge in [-0.1, -0.05) is 43.7 Å². The zero-order valence-corrected chi connectivity index (χ0v) is 9.30. The number of hydrogen-bond donors (Lipinski definition) is 2. The SMILES string of the molecule is C=C(/C=C\C=C/C1CCCC1)[C@@H](O)C(=O)O. The number of hydrogen-bond acceptors (Lipinski definition) is 2. The number of allylic oxidation sites excluding steroid dienone is 3. The summed E-state index contributed by atoms with van der Waals surface area (Å²) in [5, 5.41) is 17.7. The molecule has 1 rings (SSSR count). The second-order valence-electron chi connectivity index (χ2n) is 4.10. The van der Waals surface area contributed by atoms with Crippen molar-refractivity contribution in [1.82, 2.24) is 0 Å². The fourth-order valence-electron chi connectivity index (χ4n) is 1.80. The number of carbonyl (C=O) groups is 1. The van der Waals surface area contributed by atoms with Gasteiger partial charge in [0.25, 0.3) is 0 Å². The minimum atomic E-state index is -1.50. The predicted octanol–water partition coefficient (Wildman–Crippen LogP) is 2.29. The second-order valence-corrected chi connectivity index (χ2v) is 4.10. The van der Waals surface area contributed by atoms with Crippen LogP contribution in [-0.4, -0.2) is 22.3 Å². The molecule has 1 aliphatic rings. The summed E-state index contributed by atoms with van der Waals surface area (Å²) in [6.07, 6.45) is 10.9. The van der Waals surface area contributed by atoms with Crippen LogP contribution >= 0.6 is 0 Å². The first kappa shape index (κ1) is 12.7. The Morgan fingerprint density at radius 2 is 1.94 bits per heavy atom. The summed E-state index contributed by atoms with van der Waals surface area (Å²) in [6.45, 7) is 3.49. The molecule has 2 N–H and O–H groups in total. The molecule has 1 fully saturated rings.